The molecule has 2 N–H and O–H groups in total. The zero-order valence-corrected chi connectivity index (χ0v) is 10.2. The largest absolute Gasteiger partial charge is 0.339 e. The minimum Gasteiger partial charge on any atom is -0.339 e. The molecule has 6 heteroatoms. The molecular formula is C13H12FN3O2. The van der Waals surface area contributed by atoms with Crippen LogP contribution in [0.4, 0.5) is 15.9 Å². The monoisotopic (exact) mass is 261 g/mol. The van der Waals surface area contributed by atoms with Gasteiger partial charge in [-0.2, -0.15) is 0 Å². The fraction of sp³-hybridized carbons (Fsp3) is 0.0769. The van der Waals surface area contributed by atoms with Gasteiger partial charge in [0.25, 0.3) is 5.91 Å². The van der Waals surface area contributed by atoms with Crippen molar-refractivity contribution in [2.45, 2.75) is 0 Å². The van der Waals surface area contributed by atoms with Crippen LogP contribution in [0.1, 0.15) is 10.4 Å². The van der Waals surface area contributed by atoms with Crippen LogP contribution in [0.3, 0.4) is 0 Å². The van der Waals surface area contributed by atoms with Crippen LogP contribution in [-0.4, -0.2) is 18.0 Å². The van der Waals surface area contributed by atoms with E-state index >= 15 is 0 Å². The second-order valence-electron chi connectivity index (χ2n) is 3.67. The maximum absolute atomic E-state index is 13.1. The lowest BCUT2D eigenvalue weighted by Crippen LogP contribution is -2.23. The van der Waals surface area contributed by atoms with Crippen molar-refractivity contribution in [2.75, 3.05) is 12.4 Å². The number of hydrogen-bond acceptors (Lipinski definition) is 4. The number of nitrogens with one attached hydrogen (secondary N) is 2. The van der Waals surface area contributed by atoms with E-state index in [1.165, 1.54) is 25.4 Å². The number of nitrogens with zero attached hydrogens (tertiary/aromatic N) is 1. The van der Waals surface area contributed by atoms with Gasteiger partial charge in [-0.3, -0.25) is 9.63 Å². The summed E-state index contributed by atoms with van der Waals surface area (Å²) in [4.78, 5) is 20.4. The van der Waals surface area contributed by atoms with Crippen molar-refractivity contribution < 1.29 is 14.0 Å². The molecule has 0 bridgehead atoms. The third kappa shape index (κ3) is 3.26. The molecule has 0 spiro atoms. The predicted molar refractivity (Wildman–Crippen MR) is 68.4 cm³/mol. The molecule has 19 heavy (non-hydrogen) atoms. The molecule has 0 aliphatic heterocycles. The number of halogens is 1. The van der Waals surface area contributed by atoms with Gasteiger partial charge in [0.15, 0.2) is 0 Å². The molecule has 2 aromatic rings. The van der Waals surface area contributed by atoms with E-state index in [0.29, 0.717) is 17.1 Å². The van der Waals surface area contributed by atoms with Crippen LogP contribution in [0.2, 0.25) is 0 Å². The Morgan fingerprint density at radius 2 is 2.16 bits per heavy atom. The second-order valence-corrected chi connectivity index (χ2v) is 3.67. The van der Waals surface area contributed by atoms with Gasteiger partial charge in [0.05, 0.1) is 12.7 Å². The number of carbonyl (C=O) groups excluding carboxylic acids is 1. The maximum Gasteiger partial charge on any atom is 0.278 e. The molecule has 0 radical (unpaired) electrons. The SMILES string of the molecule is CONC(=O)c1cccnc1Nc1cccc(F)c1. The van der Waals surface area contributed by atoms with E-state index in [0.717, 1.165) is 0 Å². The highest BCUT2D eigenvalue weighted by atomic mass is 19.1. The Morgan fingerprint density at radius 3 is 2.89 bits per heavy atom. The first kappa shape index (κ1) is 13.0. The van der Waals surface area contributed by atoms with Crippen LogP contribution in [0.25, 0.3) is 0 Å². The van der Waals surface area contributed by atoms with Crippen molar-refractivity contribution in [1.82, 2.24) is 10.5 Å². The summed E-state index contributed by atoms with van der Waals surface area (Å²) in [7, 11) is 1.34. The molecule has 0 atom stereocenters. The molecule has 0 aliphatic carbocycles. The topological polar surface area (TPSA) is 63.2 Å². The lowest BCUT2D eigenvalue weighted by atomic mass is 10.2. The number of anilines is 2. The smallest absolute Gasteiger partial charge is 0.278 e. The zero-order chi connectivity index (χ0) is 13.7. The number of rotatable bonds is 4. The quantitative estimate of drug-likeness (QED) is 0.829. The fourth-order valence-corrected chi connectivity index (χ4v) is 1.54. The second kappa shape index (κ2) is 5.92. The fourth-order valence-electron chi connectivity index (χ4n) is 1.54. The average molecular weight is 261 g/mol. The summed E-state index contributed by atoms with van der Waals surface area (Å²) in [5.74, 6) is -0.485. The average Bonchev–Trinajstić information content (AvgIpc) is 2.39. The van der Waals surface area contributed by atoms with E-state index in [9.17, 15) is 9.18 Å². The number of pyridine rings is 1. The highest BCUT2D eigenvalue weighted by Crippen LogP contribution is 2.18. The molecule has 98 valence electrons. The van der Waals surface area contributed by atoms with Gasteiger partial charge in [-0.25, -0.2) is 14.9 Å². The van der Waals surface area contributed by atoms with Gasteiger partial charge in [-0.15, -0.1) is 0 Å². The molecule has 0 unspecified atom stereocenters. The molecule has 2 rings (SSSR count). The van der Waals surface area contributed by atoms with Crippen molar-refractivity contribution in [1.29, 1.82) is 0 Å². The number of benzene rings is 1. The lowest BCUT2D eigenvalue weighted by Gasteiger charge is -2.10. The highest BCUT2D eigenvalue weighted by Gasteiger charge is 2.12. The predicted octanol–water partition coefficient (Wildman–Crippen LogP) is 2.26. The number of carbonyl (C=O) groups is 1. The molecule has 0 aliphatic rings. The molecular weight excluding hydrogens is 249 g/mol. The van der Waals surface area contributed by atoms with E-state index < -0.39 is 5.91 Å². The van der Waals surface area contributed by atoms with Gasteiger partial charge < -0.3 is 5.32 Å². The minimum atomic E-state index is -0.436. The van der Waals surface area contributed by atoms with Gasteiger partial charge in [0.2, 0.25) is 0 Å². The Hall–Kier alpha value is -2.47. The van der Waals surface area contributed by atoms with Crippen LogP contribution < -0.4 is 10.8 Å². The van der Waals surface area contributed by atoms with E-state index in [2.05, 4.69) is 20.6 Å². The van der Waals surface area contributed by atoms with Crippen LogP contribution in [0.15, 0.2) is 42.6 Å². The number of aromatic nitrogens is 1. The van der Waals surface area contributed by atoms with Gasteiger partial charge in [0.1, 0.15) is 11.6 Å². The maximum atomic E-state index is 13.1. The van der Waals surface area contributed by atoms with Crippen molar-refractivity contribution in [3.05, 3.63) is 54.0 Å². The van der Waals surface area contributed by atoms with Gasteiger partial charge in [-0.1, -0.05) is 6.07 Å². The first-order valence-electron chi connectivity index (χ1n) is 5.51. The van der Waals surface area contributed by atoms with Gasteiger partial charge in [0, 0.05) is 11.9 Å². The van der Waals surface area contributed by atoms with Crippen molar-refractivity contribution in [3.8, 4) is 0 Å². The molecule has 0 saturated carbocycles. The van der Waals surface area contributed by atoms with Crippen LogP contribution in [0.5, 0.6) is 0 Å². The number of hydroxylamine groups is 1. The molecule has 1 aromatic heterocycles. The molecule has 0 fully saturated rings. The van der Waals surface area contributed by atoms with Crippen LogP contribution in [0, 0.1) is 5.82 Å². The van der Waals surface area contributed by atoms with Gasteiger partial charge in [-0.05, 0) is 30.3 Å². The van der Waals surface area contributed by atoms with Gasteiger partial charge >= 0.3 is 0 Å². The summed E-state index contributed by atoms with van der Waals surface area (Å²) in [6.45, 7) is 0. The minimum absolute atomic E-state index is 0.300. The van der Waals surface area contributed by atoms with Crippen LogP contribution in [-0.2, 0) is 4.84 Å². The number of amides is 1. The Morgan fingerprint density at radius 1 is 1.32 bits per heavy atom. The Labute approximate surface area is 109 Å². The Kier molecular flexibility index (Phi) is 4.04. The molecule has 1 aromatic carbocycles. The third-order valence-electron chi connectivity index (χ3n) is 2.33. The molecule has 0 saturated heterocycles. The zero-order valence-electron chi connectivity index (χ0n) is 10.2. The highest BCUT2D eigenvalue weighted by molar-refractivity contribution is 5.98. The first-order valence-corrected chi connectivity index (χ1v) is 5.51. The third-order valence-corrected chi connectivity index (χ3v) is 2.33. The summed E-state index contributed by atoms with van der Waals surface area (Å²) in [5.41, 5.74) is 3.01. The van der Waals surface area contributed by atoms with E-state index in [1.54, 1.807) is 24.3 Å². The normalized spacial score (nSPS) is 10.0. The first-order chi connectivity index (χ1) is 9.20. The summed E-state index contributed by atoms with van der Waals surface area (Å²) in [6.07, 6.45) is 1.53. The summed E-state index contributed by atoms with van der Waals surface area (Å²) >= 11 is 0. The Bertz CT molecular complexity index is 590. The standard InChI is InChI=1S/C13H12FN3O2/c1-19-17-13(18)11-6-3-7-15-12(11)16-10-5-2-4-9(14)8-10/h2-8H,1H3,(H,15,16)(H,17,18). The van der Waals surface area contributed by atoms with Crippen molar-refractivity contribution >= 4 is 17.4 Å². The van der Waals surface area contributed by atoms with E-state index in [1.807, 2.05) is 0 Å². The van der Waals surface area contributed by atoms with Crippen LogP contribution >= 0.6 is 0 Å². The number of hydrogen-bond donors (Lipinski definition) is 2. The van der Waals surface area contributed by atoms with E-state index in [-0.39, 0.29) is 5.82 Å². The van der Waals surface area contributed by atoms with Crippen molar-refractivity contribution in [2.24, 2.45) is 0 Å². The molecule has 5 nitrogen and oxygen atoms in total. The summed E-state index contributed by atoms with van der Waals surface area (Å²) in [6, 6.07) is 9.10. The van der Waals surface area contributed by atoms with E-state index in [4.69, 9.17) is 0 Å². The Balaban J connectivity index is 2.27. The lowest BCUT2D eigenvalue weighted by molar-refractivity contribution is 0.0538. The molecule has 1 amide bonds. The van der Waals surface area contributed by atoms with Crippen molar-refractivity contribution in [3.63, 3.8) is 0 Å². The summed E-state index contributed by atoms with van der Waals surface area (Å²) in [5, 5.41) is 2.89. The summed E-state index contributed by atoms with van der Waals surface area (Å²) < 4.78 is 13.1. The molecule has 1 heterocycles.